The highest BCUT2D eigenvalue weighted by atomic mass is 32.2. The molecule has 166 valence electrons. The van der Waals surface area contributed by atoms with Crippen LogP contribution in [0.1, 0.15) is 30.6 Å². The molecule has 0 fully saturated rings. The van der Waals surface area contributed by atoms with Crippen molar-refractivity contribution in [2.24, 2.45) is 0 Å². The molecule has 1 aliphatic heterocycles. The number of hydrogen-bond donors (Lipinski definition) is 2. The highest BCUT2D eigenvalue weighted by molar-refractivity contribution is 7.92. The van der Waals surface area contributed by atoms with Gasteiger partial charge >= 0.3 is 0 Å². The van der Waals surface area contributed by atoms with E-state index in [1.165, 1.54) is 12.1 Å². The number of hydrogen-bond acceptors (Lipinski definition) is 6. The molecule has 31 heavy (non-hydrogen) atoms. The van der Waals surface area contributed by atoms with Crippen molar-refractivity contribution >= 4 is 33.2 Å². The SMILES string of the molecule is CC[C@H](C)NC(=O)c1ccccc1NC(=O)CN(c1ccc2c(c1)OCO2)S(C)(=O)=O. The van der Waals surface area contributed by atoms with Crippen molar-refractivity contribution in [3.05, 3.63) is 48.0 Å². The van der Waals surface area contributed by atoms with Crippen LogP contribution in [0.4, 0.5) is 11.4 Å². The zero-order chi connectivity index (χ0) is 22.6. The van der Waals surface area contributed by atoms with Gasteiger partial charge in [0.15, 0.2) is 11.5 Å². The fourth-order valence-electron chi connectivity index (χ4n) is 2.95. The van der Waals surface area contributed by atoms with Crippen LogP contribution in [0.15, 0.2) is 42.5 Å². The second kappa shape index (κ2) is 9.25. The van der Waals surface area contributed by atoms with Crippen LogP contribution < -0.4 is 24.4 Å². The van der Waals surface area contributed by atoms with Gasteiger partial charge in [0.1, 0.15) is 6.54 Å². The molecule has 2 N–H and O–H groups in total. The third kappa shape index (κ3) is 5.46. The Hall–Kier alpha value is -3.27. The lowest BCUT2D eigenvalue weighted by Crippen LogP contribution is -2.38. The van der Waals surface area contributed by atoms with Gasteiger partial charge in [-0.25, -0.2) is 8.42 Å². The second-order valence-electron chi connectivity index (χ2n) is 7.18. The molecule has 1 heterocycles. The van der Waals surface area contributed by atoms with Crippen molar-refractivity contribution in [3.8, 4) is 11.5 Å². The number of benzene rings is 2. The van der Waals surface area contributed by atoms with Crippen LogP contribution in [0, 0.1) is 0 Å². The summed E-state index contributed by atoms with van der Waals surface area (Å²) in [6, 6.07) is 11.2. The highest BCUT2D eigenvalue weighted by Gasteiger charge is 2.24. The first kappa shape index (κ1) is 22.4. The number of amides is 2. The molecular weight excluding hydrogens is 422 g/mol. The number of nitrogens with zero attached hydrogens (tertiary/aromatic N) is 1. The molecule has 0 saturated heterocycles. The molecule has 0 saturated carbocycles. The van der Waals surface area contributed by atoms with Gasteiger partial charge in [0.25, 0.3) is 5.91 Å². The predicted octanol–water partition coefficient (Wildman–Crippen LogP) is 2.35. The van der Waals surface area contributed by atoms with Gasteiger partial charge in [-0.05, 0) is 37.6 Å². The van der Waals surface area contributed by atoms with E-state index in [1.807, 2.05) is 13.8 Å². The summed E-state index contributed by atoms with van der Waals surface area (Å²) in [6.07, 6.45) is 1.78. The molecular formula is C21H25N3O6S. The van der Waals surface area contributed by atoms with Crippen LogP contribution in [-0.4, -0.2) is 45.9 Å². The number of nitrogens with one attached hydrogen (secondary N) is 2. The molecule has 2 aromatic carbocycles. The lowest BCUT2D eigenvalue weighted by molar-refractivity contribution is -0.114. The summed E-state index contributed by atoms with van der Waals surface area (Å²) in [6.45, 7) is 3.41. The largest absolute Gasteiger partial charge is 0.454 e. The average Bonchev–Trinajstić information content (AvgIpc) is 3.19. The fraction of sp³-hybridized carbons (Fsp3) is 0.333. The number of sulfonamides is 1. The quantitative estimate of drug-likeness (QED) is 0.642. The first-order chi connectivity index (χ1) is 14.7. The van der Waals surface area contributed by atoms with E-state index in [1.54, 1.807) is 30.3 Å². The van der Waals surface area contributed by atoms with E-state index in [0.29, 0.717) is 22.7 Å². The van der Waals surface area contributed by atoms with Crippen LogP contribution in [0.5, 0.6) is 11.5 Å². The molecule has 0 spiro atoms. The standard InChI is InChI=1S/C21H25N3O6S/c1-4-14(2)22-21(26)16-7-5-6-8-17(16)23-20(25)12-24(31(3,27)28)15-9-10-18-19(11-15)30-13-29-18/h5-11,14H,4,12-13H2,1-3H3,(H,22,26)(H,23,25)/t14-/m0/s1. The zero-order valence-electron chi connectivity index (χ0n) is 17.5. The maximum atomic E-state index is 12.7. The van der Waals surface area contributed by atoms with E-state index in [2.05, 4.69) is 10.6 Å². The van der Waals surface area contributed by atoms with Crippen LogP contribution >= 0.6 is 0 Å². The lowest BCUT2D eigenvalue weighted by Gasteiger charge is -2.22. The number of fused-ring (bicyclic) bond motifs is 1. The monoisotopic (exact) mass is 447 g/mol. The van der Waals surface area contributed by atoms with Gasteiger partial charge in [0, 0.05) is 12.1 Å². The molecule has 0 aliphatic carbocycles. The zero-order valence-corrected chi connectivity index (χ0v) is 18.4. The molecule has 0 radical (unpaired) electrons. The fourth-order valence-corrected chi connectivity index (χ4v) is 3.80. The number of ether oxygens (including phenoxy) is 2. The first-order valence-corrected chi connectivity index (χ1v) is 11.6. The summed E-state index contributed by atoms with van der Waals surface area (Å²) in [5.41, 5.74) is 0.863. The van der Waals surface area contributed by atoms with Gasteiger partial charge in [-0.1, -0.05) is 19.1 Å². The van der Waals surface area contributed by atoms with Gasteiger partial charge < -0.3 is 20.1 Å². The van der Waals surface area contributed by atoms with E-state index < -0.39 is 22.5 Å². The van der Waals surface area contributed by atoms with Crippen molar-refractivity contribution in [1.82, 2.24) is 5.32 Å². The Kier molecular flexibility index (Phi) is 6.69. The van der Waals surface area contributed by atoms with Crippen molar-refractivity contribution in [3.63, 3.8) is 0 Å². The molecule has 1 aliphatic rings. The third-order valence-corrected chi connectivity index (χ3v) is 5.91. The van der Waals surface area contributed by atoms with Gasteiger partial charge in [-0.15, -0.1) is 0 Å². The summed E-state index contributed by atoms with van der Waals surface area (Å²) in [5.74, 6) is -0.00519. The lowest BCUT2D eigenvalue weighted by atomic mass is 10.1. The molecule has 2 amide bonds. The van der Waals surface area contributed by atoms with E-state index in [9.17, 15) is 18.0 Å². The topological polar surface area (TPSA) is 114 Å². The Morgan fingerprint density at radius 3 is 2.55 bits per heavy atom. The van der Waals surface area contributed by atoms with Gasteiger partial charge in [0.05, 0.1) is 23.2 Å². The van der Waals surface area contributed by atoms with Gasteiger partial charge in [-0.3, -0.25) is 13.9 Å². The average molecular weight is 448 g/mol. The second-order valence-corrected chi connectivity index (χ2v) is 9.09. The molecule has 9 nitrogen and oxygen atoms in total. The predicted molar refractivity (Wildman–Crippen MR) is 117 cm³/mol. The van der Waals surface area contributed by atoms with Crippen LogP contribution in [0.2, 0.25) is 0 Å². The minimum absolute atomic E-state index is 0.0250. The molecule has 0 aromatic heterocycles. The number of para-hydroxylation sites is 1. The van der Waals surface area contributed by atoms with Gasteiger partial charge in [-0.2, -0.15) is 0 Å². The van der Waals surface area contributed by atoms with Crippen LogP contribution in [0.3, 0.4) is 0 Å². The van der Waals surface area contributed by atoms with E-state index in [0.717, 1.165) is 17.0 Å². The van der Waals surface area contributed by atoms with Crippen molar-refractivity contribution in [2.45, 2.75) is 26.3 Å². The van der Waals surface area contributed by atoms with Crippen molar-refractivity contribution in [1.29, 1.82) is 0 Å². The number of anilines is 2. The normalized spacial score (nSPS) is 13.4. The van der Waals surface area contributed by atoms with E-state index >= 15 is 0 Å². The number of rotatable bonds is 8. The van der Waals surface area contributed by atoms with Crippen LogP contribution in [0.25, 0.3) is 0 Å². The number of carbonyl (C=O) groups is 2. The van der Waals surface area contributed by atoms with Crippen LogP contribution in [-0.2, 0) is 14.8 Å². The Labute approximate surface area is 181 Å². The Balaban J connectivity index is 1.79. The third-order valence-electron chi connectivity index (χ3n) is 4.77. The molecule has 3 rings (SSSR count). The summed E-state index contributed by atoms with van der Waals surface area (Å²) >= 11 is 0. The molecule has 2 aromatic rings. The maximum Gasteiger partial charge on any atom is 0.253 e. The molecule has 0 unspecified atom stereocenters. The summed E-state index contributed by atoms with van der Waals surface area (Å²) in [7, 11) is -3.77. The Morgan fingerprint density at radius 2 is 1.84 bits per heavy atom. The Bertz CT molecular complexity index is 1090. The summed E-state index contributed by atoms with van der Waals surface area (Å²) < 4.78 is 36.2. The molecule has 1 atom stereocenters. The molecule has 0 bridgehead atoms. The summed E-state index contributed by atoms with van der Waals surface area (Å²) in [5, 5.41) is 5.50. The minimum Gasteiger partial charge on any atom is -0.454 e. The molecule has 10 heteroatoms. The summed E-state index contributed by atoms with van der Waals surface area (Å²) in [4.78, 5) is 25.3. The van der Waals surface area contributed by atoms with E-state index in [-0.39, 0.29) is 24.4 Å². The highest BCUT2D eigenvalue weighted by Crippen LogP contribution is 2.36. The number of carbonyl (C=O) groups excluding carboxylic acids is 2. The minimum atomic E-state index is -3.77. The van der Waals surface area contributed by atoms with Crippen molar-refractivity contribution < 1.29 is 27.5 Å². The maximum absolute atomic E-state index is 12.7. The Morgan fingerprint density at radius 1 is 1.13 bits per heavy atom. The van der Waals surface area contributed by atoms with Gasteiger partial charge in [0.2, 0.25) is 22.7 Å². The first-order valence-electron chi connectivity index (χ1n) is 9.76. The van der Waals surface area contributed by atoms with E-state index in [4.69, 9.17) is 9.47 Å². The smallest absolute Gasteiger partial charge is 0.253 e. The van der Waals surface area contributed by atoms with Crippen molar-refractivity contribution in [2.75, 3.05) is 29.2 Å².